The summed E-state index contributed by atoms with van der Waals surface area (Å²) in [6, 6.07) is 9.07. The molecule has 1 aromatic rings. The largest absolute Gasteiger partial charge is 0.479 e. The van der Waals surface area contributed by atoms with Crippen molar-refractivity contribution < 1.29 is 9.53 Å². The SMILES string of the molecule is C=CCN1C(=O)/C(=C\c2ccc(OCC#N)cc2)SC1=S. The Morgan fingerprint density at radius 3 is 2.76 bits per heavy atom. The van der Waals surface area contributed by atoms with Crippen LogP contribution >= 0.6 is 24.0 Å². The third-order valence-corrected chi connectivity index (χ3v) is 4.04. The summed E-state index contributed by atoms with van der Waals surface area (Å²) in [4.78, 5) is 14.3. The van der Waals surface area contributed by atoms with Gasteiger partial charge in [-0.25, -0.2) is 0 Å². The molecule has 1 saturated heterocycles. The number of nitriles is 1. The number of thioether (sulfide) groups is 1. The summed E-state index contributed by atoms with van der Waals surface area (Å²) in [5.41, 5.74) is 0.874. The Balaban J connectivity index is 2.13. The van der Waals surface area contributed by atoms with E-state index < -0.39 is 0 Å². The van der Waals surface area contributed by atoms with Gasteiger partial charge in [-0.15, -0.1) is 6.58 Å². The second-order valence-corrected chi connectivity index (χ2v) is 5.77. The van der Waals surface area contributed by atoms with Crippen LogP contribution in [0.25, 0.3) is 6.08 Å². The Kier molecular flexibility index (Phi) is 5.14. The Labute approximate surface area is 132 Å². The van der Waals surface area contributed by atoms with Crippen LogP contribution in [0.4, 0.5) is 0 Å². The molecule has 0 saturated carbocycles. The van der Waals surface area contributed by atoms with Gasteiger partial charge in [0.15, 0.2) is 6.61 Å². The highest BCUT2D eigenvalue weighted by atomic mass is 32.2. The minimum atomic E-state index is -0.102. The molecular weight excluding hydrogens is 304 g/mol. The van der Waals surface area contributed by atoms with Crippen LogP contribution in [-0.2, 0) is 4.79 Å². The molecule has 1 fully saturated rings. The van der Waals surface area contributed by atoms with Crippen molar-refractivity contribution in [1.82, 2.24) is 4.90 Å². The fraction of sp³-hybridized carbons (Fsp3) is 0.133. The van der Waals surface area contributed by atoms with Crippen molar-refractivity contribution >= 4 is 40.3 Å². The molecule has 1 heterocycles. The molecule has 0 aliphatic carbocycles. The number of carbonyl (C=O) groups is 1. The highest BCUT2D eigenvalue weighted by Gasteiger charge is 2.30. The van der Waals surface area contributed by atoms with Crippen LogP contribution in [0.15, 0.2) is 41.8 Å². The maximum atomic E-state index is 12.2. The minimum absolute atomic E-state index is 0.0134. The first-order valence-corrected chi connectivity index (χ1v) is 7.34. The molecule has 21 heavy (non-hydrogen) atoms. The normalized spacial score (nSPS) is 16.1. The van der Waals surface area contributed by atoms with E-state index in [1.807, 2.05) is 18.2 Å². The molecule has 1 amide bonds. The smallest absolute Gasteiger partial charge is 0.266 e. The number of rotatable bonds is 5. The summed E-state index contributed by atoms with van der Waals surface area (Å²) in [5.74, 6) is 0.516. The first-order chi connectivity index (χ1) is 10.2. The number of thiocarbonyl (C=S) groups is 1. The second kappa shape index (κ2) is 7.07. The van der Waals surface area contributed by atoms with Crippen LogP contribution in [0.2, 0.25) is 0 Å². The minimum Gasteiger partial charge on any atom is -0.479 e. The summed E-state index contributed by atoms with van der Waals surface area (Å²) in [6.45, 7) is 4.05. The van der Waals surface area contributed by atoms with Gasteiger partial charge in [0.2, 0.25) is 0 Å². The molecule has 0 unspecified atom stereocenters. The van der Waals surface area contributed by atoms with Crippen molar-refractivity contribution in [2.45, 2.75) is 0 Å². The first kappa shape index (κ1) is 15.3. The molecule has 1 aromatic carbocycles. The van der Waals surface area contributed by atoms with Gasteiger partial charge in [0.25, 0.3) is 5.91 Å². The first-order valence-electron chi connectivity index (χ1n) is 6.12. The van der Waals surface area contributed by atoms with E-state index >= 15 is 0 Å². The highest BCUT2D eigenvalue weighted by Crippen LogP contribution is 2.32. The van der Waals surface area contributed by atoms with E-state index in [0.717, 1.165) is 5.56 Å². The van der Waals surface area contributed by atoms with Crippen LogP contribution in [0, 0.1) is 11.3 Å². The van der Waals surface area contributed by atoms with Crippen LogP contribution < -0.4 is 4.74 Å². The number of benzene rings is 1. The fourth-order valence-electron chi connectivity index (χ4n) is 1.71. The number of amides is 1. The molecule has 6 heteroatoms. The monoisotopic (exact) mass is 316 g/mol. The summed E-state index contributed by atoms with van der Waals surface area (Å²) in [7, 11) is 0. The van der Waals surface area contributed by atoms with E-state index in [-0.39, 0.29) is 12.5 Å². The fourth-order valence-corrected chi connectivity index (χ4v) is 2.99. The van der Waals surface area contributed by atoms with Crippen molar-refractivity contribution in [2.24, 2.45) is 0 Å². The number of hydrogen-bond donors (Lipinski definition) is 0. The summed E-state index contributed by atoms with van der Waals surface area (Å²) >= 11 is 6.46. The van der Waals surface area contributed by atoms with Gasteiger partial charge in [0.05, 0.1) is 4.91 Å². The molecule has 4 nitrogen and oxygen atoms in total. The van der Waals surface area contributed by atoms with Crippen LogP contribution in [0.5, 0.6) is 5.75 Å². The van der Waals surface area contributed by atoms with Gasteiger partial charge in [0, 0.05) is 6.54 Å². The van der Waals surface area contributed by atoms with Gasteiger partial charge in [-0.05, 0) is 23.8 Å². The van der Waals surface area contributed by atoms with Crippen molar-refractivity contribution in [2.75, 3.05) is 13.2 Å². The zero-order chi connectivity index (χ0) is 15.2. The van der Waals surface area contributed by atoms with Crippen LogP contribution in [0.1, 0.15) is 5.56 Å². The summed E-state index contributed by atoms with van der Waals surface area (Å²) in [6.07, 6.45) is 3.44. The quantitative estimate of drug-likeness (QED) is 0.475. The predicted molar refractivity (Wildman–Crippen MR) is 87.6 cm³/mol. The average Bonchev–Trinajstić information content (AvgIpc) is 2.75. The molecule has 1 aliphatic rings. The number of nitrogens with zero attached hydrogens (tertiary/aromatic N) is 2. The Bertz CT molecular complexity index is 645. The van der Waals surface area contributed by atoms with Crippen LogP contribution in [-0.4, -0.2) is 28.3 Å². The topological polar surface area (TPSA) is 53.3 Å². The zero-order valence-electron chi connectivity index (χ0n) is 11.1. The summed E-state index contributed by atoms with van der Waals surface area (Å²) in [5, 5.41) is 8.45. The van der Waals surface area contributed by atoms with Crippen molar-refractivity contribution in [3.8, 4) is 11.8 Å². The number of ether oxygens (including phenoxy) is 1. The Hall–Kier alpha value is -2.10. The van der Waals surface area contributed by atoms with Gasteiger partial charge < -0.3 is 4.74 Å². The lowest BCUT2D eigenvalue weighted by molar-refractivity contribution is -0.121. The maximum Gasteiger partial charge on any atom is 0.266 e. The number of hydrogen-bond acceptors (Lipinski definition) is 5. The standard InChI is InChI=1S/C15H12N2O2S2/c1-2-8-17-14(18)13(21-15(17)20)10-11-3-5-12(6-4-11)19-9-7-16/h2-6,10H,1,8-9H2/b13-10+. The molecule has 0 spiro atoms. The third kappa shape index (κ3) is 3.72. The average molecular weight is 316 g/mol. The van der Waals surface area contributed by atoms with E-state index in [1.165, 1.54) is 16.7 Å². The van der Waals surface area contributed by atoms with Gasteiger partial charge in [-0.3, -0.25) is 9.69 Å². The van der Waals surface area contributed by atoms with Gasteiger partial charge >= 0.3 is 0 Å². The van der Waals surface area contributed by atoms with Gasteiger partial charge in [-0.2, -0.15) is 5.26 Å². The molecule has 2 rings (SSSR count). The van der Waals surface area contributed by atoms with Gasteiger partial charge in [0.1, 0.15) is 16.1 Å². The lowest BCUT2D eigenvalue weighted by Crippen LogP contribution is -2.27. The van der Waals surface area contributed by atoms with E-state index in [9.17, 15) is 4.79 Å². The highest BCUT2D eigenvalue weighted by molar-refractivity contribution is 8.26. The predicted octanol–water partition coefficient (Wildman–Crippen LogP) is 2.98. The maximum absolute atomic E-state index is 12.2. The van der Waals surface area contributed by atoms with E-state index in [2.05, 4.69) is 6.58 Å². The van der Waals surface area contributed by atoms with E-state index in [4.69, 9.17) is 22.2 Å². The van der Waals surface area contributed by atoms with E-state index in [1.54, 1.807) is 24.3 Å². The van der Waals surface area contributed by atoms with Crippen molar-refractivity contribution in [3.63, 3.8) is 0 Å². The molecule has 106 valence electrons. The molecule has 0 atom stereocenters. The Morgan fingerprint density at radius 2 is 2.14 bits per heavy atom. The summed E-state index contributed by atoms with van der Waals surface area (Å²) < 4.78 is 5.72. The van der Waals surface area contributed by atoms with E-state index in [0.29, 0.717) is 21.5 Å². The lowest BCUT2D eigenvalue weighted by atomic mass is 10.2. The molecule has 0 aromatic heterocycles. The van der Waals surface area contributed by atoms with Gasteiger partial charge in [-0.1, -0.05) is 42.2 Å². The zero-order valence-corrected chi connectivity index (χ0v) is 12.7. The Morgan fingerprint density at radius 1 is 1.43 bits per heavy atom. The molecular formula is C15H12N2O2S2. The van der Waals surface area contributed by atoms with Crippen molar-refractivity contribution in [1.29, 1.82) is 5.26 Å². The second-order valence-electron chi connectivity index (χ2n) is 4.10. The molecule has 0 radical (unpaired) electrons. The third-order valence-electron chi connectivity index (χ3n) is 2.67. The molecule has 0 bridgehead atoms. The molecule has 1 aliphatic heterocycles. The van der Waals surface area contributed by atoms with Crippen molar-refractivity contribution in [3.05, 3.63) is 47.4 Å². The number of carbonyl (C=O) groups excluding carboxylic acids is 1. The molecule has 0 N–H and O–H groups in total. The van der Waals surface area contributed by atoms with Crippen LogP contribution in [0.3, 0.4) is 0 Å². The lowest BCUT2D eigenvalue weighted by Gasteiger charge is -2.10.